The lowest BCUT2D eigenvalue weighted by molar-refractivity contribution is -0.265. The van der Waals surface area contributed by atoms with Crippen LogP contribution >= 0.6 is 0 Å². The number of aromatic nitrogens is 2. The number of alkyl halides is 6. The van der Waals surface area contributed by atoms with Gasteiger partial charge in [-0.3, -0.25) is 0 Å². The van der Waals surface area contributed by atoms with E-state index in [1.54, 1.807) is 50.5 Å². The smallest absolute Gasteiger partial charge is 0.416 e. The van der Waals surface area contributed by atoms with Gasteiger partial charge in [-0.2, -0.15) is 26.3 Å². The van der Waals surface area contributed by atoms with Crippen LogP contribution in [0.15, 0.2) is 18.2 Å². The van der Waals surface area contributed by atoms with E-state index in [4.69, 9.17) is 9.47 Å². The van der Waals surface area contributed by atoms with Gasteiger partial charge >= 0.3 is 18.4 Å². The first-order valence-electron chi connectivity index (χ1n) is 14.9. The maximum atomic E-state index is 13.7. The van der Waals surface area contributed by atoms with E-state index >= 15 is 0 Å². The summed E-state index contributed by atoms with van der Waals surface area (Å²) < 4.78 is 110. The predicted octanol–water partition coefficient (Wildman–Crippen LogP) is 6.82. The van der Waals surface area contributed by atoms with Gasteiger partial charge in [0, 0.05) is 26.0 Å². The van der Waals surface area contributed by atoms with Gasteiger partial charge in [-0.1, -0.05) is 25.7 Å². The molecule has 0 aliphatic carbocycles. The number of nitrogens with zero attached hydrogens (tertiary/aromatic N) is 3. The second-order valence-corrected chi connectivity index (χ2v) is 21.9. The van der Waals surface area contributed by atoms with Crippen LogP contribution in [0.3, 0.4) is 0 Å². The van der Waals surface area contributed by atoms with E-state index in [0.717, 1.165) is 24.8 Å². The maximum Gasteiger partial charge on any atom is 0.416 e. The molecule has 0 spiro atoms. The Labute approximate surface area is 270 Å². The molecule has 2 heterocycles. The molecule has 0 saturated carbocycles. The number of ether oxygens (including phenoxy) is 2. The molecule has 262 valence electrons. The number of urea groups is 1. The maximum absolute atomic E-state index is 13.7. The van der Waals surface area contributed by atoms with Crippen LogP contribution in [-0.2, 0) is 27.6 Å². The summed E-state index contributed by atoms with van der Waals surface area (Å²) in [6, 6.07) is 1.08. The number of amides is 2. The van der Waals surface area contributed by atoms with Gasteiger partial charge in [0.1, 0.15) is 29.4 Å². The Morgan fingerprint density at radius 1 is 1.13 bits per heavy atom. The molecule has 1 aliphatic heterocycles. The van der Waals surface area contributed by atoms with Gasteiger partial charge in [-0.25, -0.2) is 9.78 Å². The molecular formula is C29H45F6N5O4SSi. The normalized spacial score (nSPS) is 19.1. The first-order valence-corrected chi connectivity index (χ1v) is 19.8. The fourth-order valence-electron chi connectivity index (χ4n) is 4.45. The molecule has 2 aromatic rings. The summed E-state index contributed by atoms with van der Waals surface area (Å²) in [6.45, 7) is 14.3. The largest absolute Gasteiger partial charge is 0.598 e. The fourth-order valence-corrected chi connectivity index (χ4v) is 5.99. The van der Waals surface area contributed by atoms with Gasteiger partial charge in [0.25, 0.3) is 0 Å². The summed E-state index contributed by atoms with van der Waals surface area (Å²) in [5.74, 6) is 0.208. The van der Waals surface area contributed by atoms with Crippen LogP contribution in [0.4, 0.5) is 31.1 Å². The lowest BCUT2D eigenvalue weighted by Crippen LogP contribution is -2.47. The lowest BCUT2D eigenvalue weighted by atomic mass is 10.1. The molecule has 0 bridgehead atoms. The van der Waals surface area contributed by atoms with E-state index in [1.165, 1.54) is 0 Å². The molecular weight excluding hydrogens is 656 g/mol. The molecule has 1 saturated heterocycles. The number of hydrogen-bond acceptors (Lipinski definition) is 6. The number of fused-ring (bicyclic) bond motifs is 1. The first kappa shape index (κ1) is 38.4. The van der Waals surface area contributed by atoms with Crippen molar-refractivity contribution in [3.63, 3.8) is 0 Å². The van der Waals surface area contributed by atoms with Gasteiger partial charge in [-0.15, -0.1) is 4.72 Å². The summed E-state index contributed by atoms with van der Waals surface area (Å²) in [5, 5.41) is 1.97. The fraction of sp³-hybridized carbons (Fsp3) is 0.724. The van der Waals surface area contributed by atoms with Gasteiger partial charge in [0.15, 0.2) is 5.60 Å². The minimum Gasteiger partial charge on any atom is -0.598 e. The molecule has 1 aliphatic rings. The van der Waals surface area contributed by atoms with E-state index in [0.29, 0.717) is 23.2 Å². The molecule has 46 heavy (non-hydrogen) atoms. The van der Waals surface area contributed by atoms with Crippen LogP contribution in [0.5, 0.6) is 0 Å². The predicted molar refractivity (Wildman–Crippen MR) is 167 cm³/mol. The second-order valence-electron chi connectivity index (χ2n) is 14.2. The summed E-state index contributed by atoms with van der Waals surface area (Å²) >= 11 is -1.74. The van der Waals surface area contributed by atoms with E-state index in [-0.39, 0.29) is 12.6 Å². The standard InChI is InChI=1S/C29H45F6N5O4SSi/c1-18(39-15-23(28(30,31)32)37-25(39)41)19-10-11-20-22(14-19)40(17-43-12-13-46(7,8)9)24(36-20)21(38-45(42)26(2,3)4)16-44-27(5,6)29(33,34)35/h10-11,14,18,21,23,38H,12-13,15-17H2,1-9H3,(H,37,41)/t18-,21+,23+,45?/m1/s1. The molecule has 1 aromatic carbocycles. The van der Waals surface area contributed by atoms with Crippen molar-refractivity contribution in [2.75, 3.05) is 19.8 Å². The molecule has 3 rings (SSSR count). The molecule has 2 amide bonds. The molecule has 9 nitrogen and oxygen atoms in total. The molecule has 2 N–H and O–H groups in total. The second kappa shape index (κ2) is 13.8. The quantitative estimate of drug-likeness (QED) is 0.103. The van der Waals surface area contributed by atoms with Gasteiger partial charge in [0.2, 0.25) is 0 Å². The highest BCUT2D eigenvalue weighted by Crippen LogP contribution is 2.35. The molecule has 1 fully saturated rings. The Hall–Kier alpha value is -2.05. The van der Waals surface area contributed by atoms with Crippen LogP contribution in [-0.4, -0.2) is 81.6 Å². The van der Waals surface area contributed by atoms with Crippen molar-refractivity contribution in [3.8, 4) is 0 Å². The number of imidazole rings is 1. The molecule has 4 atom stereocenters. The van der Waals surface area contributed by atoms with Crippen molar-refractivity contribution >= 4 is 36.5 Å². The van der Waals surface area contributed by atoms with Gasteiger partial charge in [0.05, 0.1) is 30.2 Å². The Kier molecular flexibility index (Phi) is 11.5. The van der Waals surface area contributed by atoms with Crippen molar-refractivity contribution in [2.24, 2.45) is 0 Å². The minimum atomic E-state index is -4.68. The van der Waals surface area contributed by atoms with Crippen molar-refractivity contribution in [1.82, 2.24) is 24.5 Å². The average Bonchev–Trinajstić information content (AvgIpc) is 3.47. The summed E-state index contributed by atoms with van der Waals surface area (Å²) in [5.41, 5.74) is -1.11. The van der Waals surface area contributed by atoms with E-state index in [9.17, 15) is 35.7 Å². The highest BCUT2D eigenvalue weighted by atomic mass is 32.2. The number of benzene rings is 1. The Morgan fingerprint density at radius 3 is 2.28 bits per heavy atom. The zero-order chi connectivity index (χ0) is 35.0. The van der Waals surface area contributed by atoms with Crippen LogP contribution in [0.2, 0.25) is 25.7 Å². The lowest BCUT2D eigenvalue weighted by Gasteiger charge is -2.32. The van der Waals surface area contributed by atoms with Crippen molar-refractivity contribution in [2.45, 2.75) is 115 Å². The number of rotatable bonds is 13. The first-order chi connectivity index (χ1) is 20.8. The van der Waals surface area contributed by atoms with Crippen LogP contribution < -0.4 is 10.0 Å². The number of nitrogens with one attached hydrogen (secondary N) is 2. The molecule has 0 radical (unpaired) electrons. The third-order valence-electron chi connectivity index (χ3n) is 7.71. The Morgan fingerprint density at radius 2 is 1.76 bits per heavy atom. The Balaban J connectivity index is 2.07. The van der Waals surface area contributed by atoms with Crippen LogP contribution in [0, 0.1) is 0 Å². The van der Waals surface area contributed by atoms with E-state index in [2.05, 4.69) is 29.3 Å². The molecule has 1 unspecified atom stereocenters. The number of carbonyl (C=O) groups excluding carboxylic acids is 1. The average molecular weight is 702 g/mol. The summed E-state index contributed by atoms with van der Waals surface area (Å²) in [7, 11) is -1.48. The number of carbonyl (C=O) groups is 1. The van der Waals surface area contributed by atoms with E-state index < -0.39 is 79.4 Å². The summed E-state index contributed by atoms with van der Waals surface area (Å²) in [4.78, 5) is 18.3. The zero-order valence-corrected chi connectivity index (χ0v) is 29.5. The van der Waals surface area contributed by atoms with Crippen molar-refractivity contribution in [1.29, 1.82) is 0 Å². The van der Waals surface area contributed by atoms with E-state index in [1.807, 2.05) is 5.32 Å². The zero-order valence-electron chi connectivity index (χ0n) is 27.7. The summed E-state index contributed by atoms with van der Waals surface area (Å²) in [6.07, 6.45) is -9.29. The molecule has 1 aromatic heterocycles. The monoisotopic (exact) mass is 701 g/mol. The highest BCUT2D eigenvalue weighted by molar-refractivity contribution is 7.90. The van der Waals surface area contributed by atoms with Crippen molar-refractivity contribution < 1.29 is 45.2 Å². The SMILES string of the molecule is C[C@H](c1ccc2nc([C@H](COC(C)(C)C(F)(F)F)N[S+]([O-])C(C)(C)C)n(COCC[Si](C)(C)C)c2c1)N1C[C@@H](C(F)(F)F)NC1=O. The van der Waals surface area contributed by atoms with Crippen LogP contribution in [0.1, 0.15) is 65.0 Å². The number of halogens is 6. The van der Waals surface area contributed by atoms with Gasteiger partial charge < -0.3 is 28.8 Å². The Bertz CT molecular complexity index is 1360. The van der Waals surface area contributed by atoms with Gasteiger partial charge in [-0.05, 0) is 65.3 Å². The van der Waals surface area contributed by atoms with Crippen molar-refractivity contribution in [3.05, 3.63) is 29.6 Å². The molecule has 17 heteroatoms. The topological polar surface area (TPSA) is 104 Å². The van der Waals surface area contributed by atoms with Crippen LogP contribution in [0.25, 0.3) is 11.0 Å². The third-order valence-corrected chi connectivity index (χ3v) is 11.0. The minimum absolute atomic E-state index is 0.0580. The number of hydrogen-bond donors (Lipinski definition) is 2. The highest BCUT2D eigenvalue weighted by Gasteiger charge is 2.50. The third kappa shape index (κ3) is 9.52.